The van der Waals surface area contributed by atoms with Gasteiger partial charge < -0.3 is 25.8 Å². The highest BCUT2D eigenvalue weighted by atomic mass is 32.2. The van der Waals surface area contributed by atoms with Gasteiger partial charge in [0.2, 0.25) is 18.2 Å². The molecule has 0 saturated carbocycles. The highest BCUT2D eigenvalue weighted by molar-refractivity contribution is 7.98. The van der Waals surface area contributed by atoms with Crippen molar-refractivity contribution in [1.82, 2.24) is 16.0 Å². The van der Waals surface area contributed by atoms with Crippen molar-refractivity contribution in [3.8, 4) is 16.9 Å². The minimum Gasteiger partial charge on any atom is -0.497 e. The van der Waals surface area contributed by atoms with Crippen LogP contribution in [0.15, 0.2) is 48.5 Å². The van der Waals surface area contributed by atoms with Crippen molar-refractivity contribution < 1.29 is 29.0 Å². The molecule has 0 unspecified atom stereocenters. The van der Waals surface area contributed by atoms with Crippen molar-refractivity contribution in [2.45, 2.75) is 51.2 Å². The van der Waals surface area contributed by atoms with E-state index in [0.29, 0.717) is 25.0 Å². The molecule has 0 bridgehead atoms. The summed E-state index contributed by atoms with van der Waals surface area (Å²) in [6, 6.07) is 12.2. The van der Waals surface area contributed by atoms with Gasteiger partial charge in [-0.2, -0.15) is 11.8 Å². The smallest absolute Gasteiger partial charge is 0.326 e. The molecule has 38 heavy (non-hydrogen) atoms. The van der Waals surface area contributed by atoms with E-state index in [0.717, 1.165) is 22.4 Å². The minimum absolute atomic E-state index is 0.0588. The summed E-state index contributed by atoms with van der Waals surface area (Å²) in [4.78, 5) is 48.9. The summed E-state index contributed by atoms with van der Waals surface area (Å²) in [5, 5.41) is 17.6. The molecule has 0 spiro atoms. The quantitative estimate of drug-likeness (QED) is 0.239. The summed E-state index contributed by atoms with van der Waals surface area (Å²) in [6.45, 7) is 3.81. The molecule has 4 N–H and O–H groups in total. The van der Waals surface area contributed by atoms with Crippen LogP contribution in [-0.4, -0.2) is 66.5 Å². The molecule has 0 saturated heterocycles. The van der Waals surface area contributed by atoms with Gasteiger partial charge >= 0.3 is 5.97 Å². The number of benzene rings is 2. The number of ether oxygens (including phenoxy) is 1. The fraction of sp³-hybridized carbons (Fsp3) is 0.429. The van der Waals surface area contributed by atoms with Crippen LogP contribution in [0.5, 0.6) is 5.75 Å². The van der Waals surface area contributed by atoms with Crippen molar-refractivity contribution >= 4 is 36.0 Å². The number of rotatable bonds is 16. The van der Waals surface area contributed by atoms with E-state index in [1.807, 2.05) is 68.6 Å². The van der Waals surface area contributed by atoms with Gasteiger partial charge in [-0.1, -0.05) is 50.2 Å². The van der Waals surface area contributed by atoms with Crippen LogP contribution < -0.4 is 20.7 Å². The first-order chi connectivity index (χ1) is 18.2. The molecule has 0 fully saturated rings. The number of hydrogen-bond acceptors (Lipinski definition) is 6. The Labute approximate surface area is 228 Å². The molecular weight excluding hydrogens is 506 g/mol. The first-order valence-electron chi connectivity index (χ1n) is 12.4. The molecule has 0 aliphatic rings. The normalized spacial score (nSPS) is 13.2. The van der Waals surface area contributed by atoms with Gasteiger partial charge in [0.25, 0.3) is 0 Å². The average Bonchev–Trinajstić information content (AvgIpc) is 2.90. The Bertz CT molecular complexity index is 1060. The summed E-state index contributed by atoms with van der Waals surface area (Å²) >= 11 is 1.54. The van der Waals surface area contributed by atoms with E-state index >= 15 is 0 Å². The van der Waals surface area contributed by atoms with E-state index in [9.17, 15) is 24.3 Å². The van der Waals surface area contributed by atoms with Crippen LogP contribution in [0, 0.1) is 5.92 Å². The maximum absolute atomic E-state index is 13.1. The van der Waals surface area contributed by atoms with Gasteiger partial charge in [-0.15, -0.1) is 0 Å². The lowest BCUT2D eigenvalue weighted by atomic mass is 9.99. The summed E-state index contributed by atoms with van der Waals surface area (Å²) in [5.41, 5.74) is 2.70. The van der Waals surface area contributed by atoms with E-state index in [4.69, 9.17) is 4.74 Å². The number of aliphatic carboxylic acids is 1. The van der Waals surface area contributed by atoms with Crippen LogP contribution in [0.25, 0.3) is 11.1 Å². The molecule has 0 aliphatic heterocycles. The molecular formula is C28H37N3O6S. The number of carbonyl (C=O) groups excluding carboxylic acids is 3. The number of hydrogen-bond donors (Lipinski definition) is 4. The van der Waals surface area contributed by atoms with Gasteiger partial charge in [0.05, 0.1) is 7.11 Å². The van der Waals surface area contributed by atoms with Crippen molar-refractivity contribution in [2.24, 2.45) is 5.92 Å². The number of carboxylic acids is 1. The Balaban J connectivity index is 2.10. The predicted molar refractivity (Wildman–Crippen MR) is 149 cm³/mol. The number of nitrogens with one attached hydrogen (secondary N) is 3. The molecule has 206 valence electrons. The molecule has 2 aromatic carbocycles. The Hall–Kier alpha value is -3.53. The van der Waals surface area contributed by atoms with Crippen LogP contribution in [0.4, 0.5) is 0 Å². The second-order valence-electron chi connectivity index (χ2n) is 9.34. The molecule has 10 heteroatoms. The number of carboxylic acid groups (broad SMARTS) is 1. The van der Waals surface area contributed by atoms with E-state index in [1.165, 1.54) is 11.8 Å². The fourth-order valence-corrected chi connectivity index (χ4v) is 4.38. The average molecular weight is 544 g/mol. The van der Waals surface area contributed by atoms with E-state index in [-0.39, 0.29) is 12.3 Å². The van der Waals surface area contributed by atoms with Gasteiger partial charge in [0, 0.05) is 6.42 Å². The highest BCUT2D eigenvalue weighted by Gasteiger charge is 2.29. The SMILES string of the molecule is COc1ccc(-c2ccc(C[C@H](NC(=O)[C@H](CC(C)C)NC(=O)[C@H](CCSC)NC=O)C(=O)O)cc2)cc1. The second kappa shape index (κ2) is 15.7. The molecule has 0 aliphatic carbocycles. The van der Waals surface area contributed by atoms with Crippen molar-refractivity contribution in [3.05, 3.63) is 54.1 Å². The fourth-order valence-electron chi connectivity index (χ4n) is 3.91. The molecule has 2 rings (SSSR count). The van der Waals surface area contributed by atoms with Crippen molar-refractivity contribution in [2.75, 3.05) is 19.1 Å². The van der Waals surface area contributed by atoms with Crippen LogP contribution in [0.1, 0.15) is 32.3 Å². The van der Waals surface area contributed by atoms with E-state index < -0.39 is 35.9 Å². The van der Waals surface area contributed by atoms with Gasteiger partial charge in [-0.3, -0.25) is 14.4 Å². The zero-order chi connectivity index (χ0) is 28.1. The lowest BCUT2D eigenvalue weighted by Crippen LogP contribution is -2.55. The van der Waals surface area contributed by atoms with Crippen molar-refractivity contribution in [3.63, 3.8) is 0 Å². The van der Waals surface area contributed by atoms with Gasteiger partial charge in [0.15, 0.2) is 0 Å². The third-order valence-corrected chi connectivity index (χ3v) is 6.61. The molecule has 2 aromatic rings. The monoisotopic (exact) mass is 543 g/mol. The first-order valence-corrected chi connectivity index (χ1v) is 13.8. The van der Waals surface area contributed by atoms with Crippen LogP contribution in [-0.2, 0) is 25.6 Å². The lowest BCUT2D eigenvalue weighted by Gasteiger charge is -2.25. The first kappa shape index (κ1) is 30.7. The van der Waals surface area contributed by atoms with Gasteiger partial charge in [-0.05, 0) is 59.6 Å². The topological polar surface area (TPSA) is 134 Å². The Kier molecular flexibility index (Phi) is 12.6. The third-order valence-electron chi connectivity index (χ3n) is 5.97. The van der Waals surface area contributed by atoms with Crippen LogP contribution in [0.3, 0.4) is 0 Å². The van der Waals surface area contributed by atoms with Gasteiger partial charge in [-0.25, -0.2) is 4.79 Å². The summed E-state index contributed by atoms with van der Waals surface area (Å²) in [7, 11) is 1.61. The molecule has 0 heterocycles. The highest BCUT2D eigenvalue weighted by Crippen LogP contribution is 2.23. The Morgan fingerprint density at radius 1 is 0.921 bits per heavy atom. The Morgan fingerprint density at radius 2 is 1.47 bits per heavy atom. The number of thioether (sulfide) groups is 1. The zero-order valence-corrected chi connectivity index (χ0v) is 23.0. The summed E-state index contributed by atoms with van der Waals surface area (Å²) < 4.78 is 5.19. The predicted octanol–water partition coefficient (Wildman–Crippen LogP) is 2.87. The summed E-state index contributed by atoms with van der Waals surface area (Å²) in [5.74, 6) is -0.765. The number of amides is 3. The Morgan fingerprint density at radius 3 is 1.97 bits per heavy atom. The van der Waals surface area contributed by atoms with E-state index in [1.54, 1.807) is 7.11 Å². The second-order valence-corrected chi connectivity index (χ2v) is 10.3. The number of carbonyl (C=O) groups is 4. The molecule has 0 aromatic heterocycles. The molecule has 3 atom stereocenters. The van der Waals surface area contributed by atoms with E-state index in [2.05, 4.69) is 16.0 Å². The molecule has 0 radical (unpaired) electrons. The van der Waals surface area contributed by atoms with Crippen LogP contribution in [0.2, 0.25) is 0 Å². The maximum Gasteiger partial charge on any atom is 0.326 e. The number of methoxy groups -OCH3 is 1. The largest absolute Gasteiger partial charge is 0.497 e. The molecule has 3 amide bonds. The maximum atomic E-state index is 13.1. The van der Waals surface area contributed by atoms with Crippen LogP contribution >= 0.6 is 11.8 Å². The summed E-state index contributed by atoms with van der Waals surface area (Å²) in [6.07, 6.45) is 3.16. The third kappa shape index (κ3) is 9.74. The van der Waals surface area contributed by atoms with Crippen molar-refractivity contribution in [1.29, 1.82) is 0 Å². The minimum atomic E-state index is -1.18. The lowest BCUT2D eigenvalue weighted by molar-refractivity contribution is -0.142. The zero-order valence-electron chi connectivity index (χ0n) is 22.2. The molecule has 9 nitrogen and oxygen atoms in total. The standard InChI is InChI=1S/C28H37N3O6S/c1-18(2)15-24(30-26(33)23(29-17-32)13-14-38-4)27(34)31-25(28(35)36)16-19-5-7-20(8-6-19)21-9-11-22(37-3)12-10-21/h5-12,17-18,23-25H,13-16H2,1-4H3,(H,29,32)(H,30,33)(H,31,34)(H,35,36)/t23-,24-,25-/m0/s1. The van der Waals surface area contributed by atoms with Gasteiger partial charge in [0.1, 0.15) is 23.9 Å².